The molecule has 0 amide bonds. The van der Waals surface area contributed by atoms with E-state index >= 15 is 0 Å². The maximum Gasteiger partial charge on any atom is 0.252 e. The molecule has 0 atom stereocenters. The van der Waals surface area contributed by atoms with Crippen LogP contribution >= 0.6 is 24.8 Å². The van der Waals surface area contributed by atoms with Crippen molar-refractivity contribution in [3.05, 3.63) is 0 Å². The predicted molar refractivity (Wildman–Crippen MR) is 78.0 cm³/mol. The fraction of sp³-hybridized carbons (Fsp3) is 0.923. The van der Waals surface area contributed by atoms with Crippen LogP contribution in [0.4, 0.5) is 0 Å². The van der Waals surface area contributed by atoms with Crippen molar-refractivity contribution in [2.24, 2.45) is 0 Å². The fourth-order valence-electron chi connectivity index (χ4n) is 1.75. The van der Waals surface area contributed by atoms with E-state index in [0.717, 1.165) is 6.42 Å². The zero-order valence-electron chi connectivity index (χ0n) is 10.5. The minimum atomic E-state index is 0.260. The fourth-order valence-corrected chi connectivity index (χ4v) is 1.91. The van der Waals surface area contributed by atoms with Gasteiger partial charge < -0.3 is 4.74 Å². The first-order valence-corrected chi connectivity index (χ1v) is 7.42. The summed E-state index contributed by atoms with van der Waals surface area (Å²) < 4.78 is 5.32. The lowest BCUT2D eigenvalue weighted by Gasteiger charge is -2.03. The van der Waals surface area contributed by atoms with Crippen LogP contribution in [-0.2, 0) is 4.74 Å². The smallest absolute Gasteiger partial charge is 0.252 e. The second-order valence-corrected chi connectivity index (χ2v) is 5.28. The van der Waals surface area contributed by atoms with Crippen LogP contribution in [0.3, 0.4) is 0 Å². The molecule has 0 aliphatic carbocycles. The average molecular weight is 261 g/mol. The van der Waals surface area contributed by atoms with Gasteiger partial charge in [-0.2, -0.15) is 0 Å². The van der Waals surface area contributed by atoms with Crippen LogP contribution < -0.4 is 0 Å². The summed E-state index contributed by atoms with van der Waals surface area (Å²) in [7, 11) is 0. The number of ether oxygens (including phenoxy) is 1. The Kier molecular flexibility index (Phi) is 13.3. The molecule has 16 heavy (non-hydrogen) atoms. The summed E-state index contributed by atoms with van der Waals surface area (Å²) >= 11 is 9.32. The Morgan fingerprint density at radius 1 is 0.812 bits per heavy atom. The van der Waals surface area contributed by atoms with Gasteiger partial charge in [0.25, 0.3) is 4.38 Å². The van der Waals surface area contributed by atoms with Crippen molar-refractivity contribution >= 4 is 29.2 Å². The summed E-state index contributed by atoms with van der Waals surface area (Å²) in [6, 6.07) is 0. The van der Waals surface area contributed by atoms with Crippen molar-refractivity contribution < 1.29 is 4.74 Å². The molecule has 0 fully saturated rings. The van der Waals surface area contributed by atoms with E-state index in [1.807, 2.05) is 0 Å². The summed E-state index contributed by atoms with van der Waals surface area (Å²) in [4.78, 5) is 0. The molecule has 3 heteroatoms. The van der Waals surface area contributed by atoms with Gasteiger partial charge in [-0.3, -0.25) is 0 Å². The zero-order chi connectivity index (χ0) is 12.1. The molecule has 0 saturated carbocycles. The SMILES string of the molecule is CCCCCCCCCCCCOC([S])=S. The average Bonchev–Trinajstić information content (AvgIpc) is 2.25. The Morgan fingerprint density at radius 3 is 1.69 bits per heavy atom. The zero-order valence-corrected chi connectivity index (χ0v) is 12.1. The van der Waals surface area contributed by atoms with Gasteiger partial charge in [-0.05, 0) is 31.3 Å². The van der Waals surface area contributed by atoms with Crippen LogP contribution in [0.2, 0.25) is 0 Å². The lowest BCUT2D eigenvalue weighted by atomic mass is 10.1. The standard InChI is InChI=1S/C13H25OS2/c1-2-3-4-5-6-7-8-9-10-11-12-14-13(15)16/h2-12H2,1H3. The largest absolute Gasteiger partial charge is 0.475 e. The van der Waals surface area contributed by atoms with Crippen LogP contribution in [0.25, 0.3) is 0 Å². The molecule has 0 aromatic rings. The first kappa shape index (κ1) is 16.1. The minimum absolute atomic E-state index is 0.260. The highest BCUT2D eigenvalue weighted by Crippen LogP contribution is 2.10. The first-order chi connectivity index (χ1) is 7.77. The Bertz CT molecular complexity index is 160. The molecule has 0 saturated heterocycles. The number of unbranched alkanes of at least 4 members (excludes halogenated alkanes) is 9. The Balaban J connectivity index is 2.90. The van der Waals surface area contributed by atoms with E-state index in [2.05, 4.69) is 31.8 Å². The molecule has 0 aromatic carbocycles. The van der Waals surface area contributed by atoms with Crippen LogP contribution in [0.1, 0.15) is 71.1 Å². The van der Waals surface area contributed by atoms with Crippen LogP contribution in [0.15, 0.2) is 0 Å². The second-order valence-electron chi connectivity index (χ2n) is 4.28. The summed E-state index contributed by atoms with van der Waals surface area (Å²) in [5, 5.41) is 0. The van der Waals surface area contributed by atoms with Gasteiger partial charge in [-0.15, -0.1) is 0 Å². The topological polar surface area (TPSA) is 9.23 Å². The molecule has 95 valence electrons. The van der Waals surface area contributed by atoms with Crippen LogP contribution in [0, 0.1) is 0 Å². The highest BCUT2D eigenvalue weighted by Gasteiger charge is 1.94. The van der Waals surface area contributed by atoms with E-state index in [1.54, 1.807) is 0 Å². The van der Waals surface area contributed by atoms with Gasteiger partial charge >= 0.3 is 0 Å². The molecule has 0 aliphatic rings. The number of rotatable bonds is 11. The van der Waals surface area contributed by atoms with Gasteiger partial charge in [0.05, 0.1) is 6.61 Å². The lowest BCUT2D eigenvalue weighted by Crippen LogP contribution is -1.95. The normalized spacial score (nSPS) is 10.3. The third-order valence-corrected chi connectivity index (χ3v) is 2.95. The van der Waals surface area contributed by atoms with Crippen molar-refractivity contribution in [1.82, 2.24) is 0 Å². The predicted octanol–water partition coefficient (Wildman–Crippen LogP) is 5.41. The van der Waals surface area contributed by atoms with Gasteiger partial charge in [0.15, 0.2) is 0 Å². The summed E-state index contributed by atoms with van der Waals surface area (Å²) in [5.74, 6) is 0. The second kappa shape index (κ2) is 13.2. The number of hydrogen-bond acceptors (Lipinski definition) is 2. The molecule has 0 spiro atoms. The van der Waals surface area contributed by atoms with Gasteiger partial charge in [-0.1, -0.05) is 64.7 Å². The molecule has 0 bridgehead atoms. The monoisotopic (exact) mass is 261 g/mol. The van der Waals surface area contributed by atoms with E-state index in [1.165, 1.54) is 57.8 Å². The van der Waals surface area contributed by atoms with Crippen molar-refractivity contribution in [1.29, 1.82) is 0 Å². The molecule has 0 unspecified atom stereocenters. The Labute approximate surface area is 112 Å². The number of hydrogen-bond donors (Lipinski definition) is 0. The minimum Gasteiger partial charge on any atom is -0.475 e. The summed E-state index contributed by atoms with van der Waals surface area (Å²) in [6.45, 7) is 2.97. The molecule has 0 aliphatic heterocycles. The van der Waals surface area contributed by atoms with E-state index in [4.69, 9.17) is 4.74 Å². The van der Waals surface area contributed by atoms with Crippen molar-refractivity contribution in [3.63, 3.8) is 0 Å². The Morgan fingerprint density at radius 2 is 1.25 bits per heavy atom. The molecule has 0 N–H and O–H groups in total. The van der Waals surface area contributed by atoms with Crippen molar-refractivity contribution in [2.45, 2.75) is 71.1 Å². The highest BCUT2D eigenvalue weighted by molar-refractivity contribution is 8.10. The molecular weight excluding hydrogens is 236 g/mol. The first-order valence-electron chi connectivity index (χ1n) is 6.61. The van der Waals surface area contributed by atoms with E-state index < -0.39 is 0 Å². The summed E-state index contributed by atoms with van der Waals surface area (Å²) in [6.07, 6.45) is 13.4. The Hall–Kier alpha value is 0.110. The lowest BCUT2D eigenvalue weighted by molar-refractivity contribution is 0.308. The van der Waals surface area contributed by atoms with E-state index in [-0.39, 0.29) is 4.38 Å². The van der Waals surface area contributed by atoms with Gasteiger partial charge in [0.1, 0.15) is 0 Å². The maximum atomic E-state index is 5.06. The molecule has 0 rings (SSSR count). The van der Waals surface area contributed by atoms with Gasteiger partial charge in [0.2, 0.25) is 0 Å². The third-order valence-electron chi connectivity index (χ3n) is 2.72. The quantitative estimate of drug-likeness (QED) is 0.363. The molecule has 0 heterocycles. The van der Waals surface area contributed by atoms with E-state index in [0.29, 0.717) is 6.61 Å². The van der Waals surface area contributed by atoms with Gasteiger partial charge in [0, 0.05) is 0 Å². The van der Waals surface area contributed by atoms with Gasteiger partial charge in [-0.25, -0.2) is 0 Å². The van der Waals surface area contributed by atoms with Crippen molar-refractivity contribution in [2.75, 3.05) is 6.61 Å². The van der Waals surface area contributed by atoms with E-state index in [9.17, 15) is 0 Å². The molecular formula is C13H25OS2. The maximum absolute atomic E-state index is 5.06. The molecule has 1 nitrogen and oxygen atoms in total. The van der Waals surface area contributed by atoms with Crippen LogP contribution in [0.5, 0.6) is 0 Å². The molecule has 1 radical (unpaired) electrons. The molecule has 0 aromatic heterocycles. The highest BCUT2D eigenvalue weighted by atomic mass is 32.1. The third kappa shape index (κ3) is 14.1. The summed E-state index contributed by atoms with van der Waals surface area (Å²) in [5.41, 5.74) is 0. The number of thiocarbonyl (C=S) groups is 1. The van der Waals surface area contributed by atoms with Crippen LogP contribution in [-0.4, -0.2) is 11.0 Å². The van der Waals surface area contributed by atoms with Crippen molar-refractivity contribution in [3.8, 4) is 0 Å².